The molecule has 1 N–H and O–H groups in total. The van der Waals surface area contributed by atoms with E-state index in [9.17, 15) is 4.39 Å². The number of rotatable bonds is 1. The first-order valence-electron chi connectivity index (χ1n) is 5.57. The van der Waals surface area contributed by atoms with Gasteiger partial charge in [-0.3, -0.25) is 4.57 Å². The molecule has 0 saturated heterocycles. The lowest BCUT2D eigenvalue weighted by Crippen LogP contribution is -2.17. The molecule has 2 aromatic rings. The van der Waals surface area contributed by atoms with Gasteiger partial charge in [-0.05, 0) is 24.4 Å². The number of benzene rings is 1. The summed E-state index contributed by atoms with van der Waals surface area (Å²) >= 11 is 11.0. The monoisotopic (exact) mass is 284 g/mol. The quantitative estimate of drug-likeness (QED) is 0.758. The second-order valence-electron chi connectivity index (χ2n) is 5.14. The van der Waals surface area contributed by atoms with Gasteiger partial charge in [-0.25, -0.2) is 4.39 Å². The Morgan fingerprint density at radius 1 is 1.33 bits per heavy atom. The van der Waals surface area contributed by atoms with Gasteiger partial charge in [0.15, 0.2) is 10.6 Å². The highest BCUT2D eigenvalue weighted by atomic mass is 35.5. The van der Waals surface area contributed by atoms with E-state index in [1.807, 2.05) is 27.0 Å². The van der Waals surface area contributed by atoms with Gasteiger partial charge < -0.3 is 4.98 Å². The summed E-state index contributed by atoms with van der Waals surface area (Å²) in [5, 5.41) is 0.0930. The molecule has 0 amide bonds. The molecule has 0 bridgehead atoms. The van der Waals surface area contributed by atoms with Crippen molar-refractivity contribution in [2.75, 3.05) is 0 Å². The molecule has 0 aliphatic rings. The van der Waals surface area contributed by atoms with Crippen LogP contribution in [0, 0.1) is 10.6 Å². The number of aromatic amines is 1. The summed E-state index contributed by atoms with van der Waals surface area (Å²) in [5.41, 5.74) is 1.13. The highest BCUT2D eigenvalue weighted by Crippen LogP contribution is 2.28. The van der Waals surface area contributed by atoms with Gasteiger partial charge in [0, 0.05) is 17.3 Å². The van der Waals surface area contributed by atoms with Crippen molar-refractivity contribution in [3.63, 3.8) is 0 Å². The van der Waals surface area contributed by atoms with E-state index in [1.54, 1.807) is 16.7 Å². The lowest BCUT2D eigenvalue weighted by Gasteiger charge is -2.21. The predicted molar refractivity (Wildman–Crippen MR) is 74.6 cm³/mol. The summed E-state index contributed by atoms with van der Waals surface area (Å²) in [5.74, 6) is -0.458. The first-order chi connectivity index (χ1) is 8.32. The molecule has 1 aromatic carbocycles. The summed E-state index contributed by atoms with van der Waals surface area (Å²) in [6, 6.07) is 4.90. The first kappa shape index (κ1) is 13.3. The van der Waals surface area contributed by atoms with Crippen molar-refractivity contribution in [3.8, 4) is 5.69 Å². The minimum atomic E-state index is -0.458. The lowest BCUT2D eigenvalue weighted by molar-refractivity contribution is 0.547. The SMILES string of the molecule is CC(C)(C)c1c[nH]c(=S)n1-c1cccc(Cl)c1F. The average Bonchev–Trinajstić information content (AvgIpc) is 2.64. The van der Waals surface area contributed by atoms with Crippen LogP contribution in [0.25, 0.3) is 5.69 Å². The maximum Gasteiger partial charge on any atom is 0.182 e. The molecule has 2 rings (SSSR count). The van der Waals surface area contributed by atoms with Gasteiger partial charge in [-0.2, -0.15) is 0 Å². The molecule has 18 heavy (non-hydrogen) atoms. The Balaban J connectivity index is 2.76. The minimum Gasteiger partial charge on any atom is -0.337 e. The van der Waals surface area contributed by atoms with Crippen LogP contribution in [0.15, 0.2) is 24.4 Å². The molecule has 0 aliphatic heterocycles. The number of H-pyrrole nitrogens is 1. The van der Waals surface area contributed by atoms with Crippen LogP contribution in [0.4, 0.5) is 4.39 Å². The second-order valence-corrected chi connectivity index (χ2v) is 5.93. The van der Waals surface area contributed by atoms with Crippen LogP contribution in [0.3, 0.4) is 0 Å². The van der Waals surface area contributed by atoms with Crippen molar-refractivity contribution in [1.82, 2.24) is 9.55 Å². The van der Waals surface area contributed by atoms with E-state index in [2.05, 4.69) is 4.98 Å². The Hall–Kier alpha value is -1.13. The Bertz CT molecular complexity index is 637. The molecule has 96 valence electrons. The van der Waals surface area contributed by atoms with Gasteiger partial charge in [0.2, 0.25) is 0 Å². The molecule has 1 heterocycles. The normalized spacial score (nSPS) is 11.8. The minimum absolute atomic E-state index is 0.0930. The molecule has 0 radical (unpaired) electrons. The number of halogens is 2. The van der Waals surface area contributed by atoms with Crippen LogP contribution < -0.4 is 0 Å². The lowest BCUT2D eigenvalue weighted by atomic mass is 9.92. The van der Waals surface area contributed by atoms with E-state index >= 15 is 0 Å². The van der Waals surface area contributed by atoms with Crippen LogP contribution >= 0.6 is 23.8 Å². The molecule has 0 fully saturated rings. The van der Waals surface area contributed by atoms with E-state index in [0.29, 0.717) is 10.5 Å². The van der Waals surface area contributed by atoms with Crippen molar-refractivity contribution in [2.24, 2.45) is 0 Å². The number of aromatic nitrogens is 2. The molecular weight excluding hydrogens is 271 g/mol. The Labute approximate surface area is 115 Å². The predicted octanol–water partition coefficient (Wildman–Crippen LogP) is 4.62. The topological polar surface area (TPSA) is 20.7 Å². The summed E-state index contributed by atoms with van der Waals surface area (Å²) in [6.07, 6.45) is 1.81. The number of imidazole rings is 1. The van der Waals surface area contributed by atoms with E-state index in [1.165, 1.54) is 6.07 Å². The third-order valence-electron chi connectivity index (χ3n) is 2.72. The van der Waals surface area contributed by atoms with Crippen molar-refractivity contribution in [1.29, 1.82) is 0 Å². The van der Waals surface area contributed by atoms with Gasteiger partial charge >= 0.3 is 0 Å². The fraction of sp³-hybridized carbons (Fsp3) is 0.308. The van der Waals surface area contributed by atoms with Gasteiger partial charge in [0.1, 0.15) is 0 Å². The highest BCUT2D eigenvalue weighted by molar-refractivity contribution is 7.71. The van der Waals surface area contributed by atoms with Crippen molar-refractivity contribution in [2.45, 2.75) is 26.2 Å². The molecular formula is C13H14ClFN2S. The molecule has 2 nitrogen and oxygen atoms in total. The Morgan fingerprint density at radius 2 is 2.00 bits per heavy atom. The molecule has 0 saturated carbocycles. The summed E-state index contributed by atoms with van der Waals surface area (Å²) in [7, 11) is 0. The van der Waals surface area contributed by atoms with E-state index < -0.39 is 5.82 Å². The van der Waals surface area contributed by atoms with Crippen LogP contribution in [0.5, 0.6) is 0 Å². The van der Waals surface area contributed by atoms with Crippen molar-refractivity contribution >= 4 is 23.8 Å². The summed E-state index contributed by atoms with van der Waals surface area (Å²) < 4.78 is 16.3. The smallest absolute Gasteiger partial charge is 0.182 e. The molecule has 0 atom stereocenters. The third kappa shape index (κ3) is 2.22. The largest absolute Gasteiger partial charge is 0.337 e. The van der Waals surface area contributed by atoms with E-state index in [-0.39, 0.29) is 10.4 Å². The fourth-order valence-electron chi connectivity index (χ4n) is 1.82. The highest BCUT2D eigenvalue weighted by Gasteiger charge is 2.22. The number of hydrogen-bond acceptors (Lipinski definition) is 1. The number of nitrogens with zero attached hydrogens (tertiary/aromatic N) is 1. The zero-order valence-electron chi connectivity index (χ0n) is 10.4. The van der Waals surface area contributed by atoms with E-state index in [0.717, 1.165) is 5.69 Å². The van der Waals surface area contributed by atoms with Crippen molar-refractivity contribution in [3.05, 3.63) is 45.7 Å². The summed E-state index contributed by atoms with van der Waals surface area (Å²) in [4.78, 5) is 2.96. The summed E-state index contributed by atoms with van der Waals surface area (Å²) in [6.45, 7) is 6.14. The zero-order chi connectivity index (χ0) is 13.5. The fourth-order valence-corrected chi connectivity index (χ4v) is 2.25. The van der Waals surface area contributed by atoms with Gasteiger partial charge in [-0.1, -0.05) is 38.4 Å². The first-order valence-corrected chi connectivity index (χ1v) is 6.36. The maximum absolute atomic E-state index is 14.1. The standard InChI is InChI=1S/C13H14ClFN2S/c1-13(2,3)10-7-16-12(18)17(10)9-6-4-5-8(14)11(9)15/h4-7H,1-3H3,(H,16,18). The maximum atomic E-state index is 14.1. The van der Waals surface area contributed by atoms with E-state index in [4.69, 9.17) is 23.8 Å². The van der Waals surface area contributed by atoms with Crippen LogP contribution in [0.1, 0.15) is 26.5 Å². The second kappa shape index (κ2) is 4.52. The third-order valence-corrected chi connectivity index (χ3v) is 3.31. The molecule has 1 aromatic heterocycles. The zero-order valence-corrected chi connectivity index (χ0v) is 12.0. The van der Waals surface area contributed by atoms with Crippen LogP contribution in [0.2, 0.25) is 5.02 Å². The van der Waals surface area contributed by atoms with Crippen LogP contribution in [-0.4, -0.2) is 9.55 Å². The molecule has 0 spiro atoms. The molecule has 0 unspecified atom stereocenters. The van der Waals surface area contributed by atoms with Crippen LogP contribution in [-0.2, 0) is 5.41 Å². The number of hydrogen-bond donors (Lipinski definition) is 1. The molecule has 5 heteroatoms. The van der Waals surface area contributed by atoms with Crippen molar-refractivity contribution < 1.29 is 4.39 Å². The Kier molecular flexibility index (Phi) is 3.34. The molecule has 0 aliphatic carbocycles. The van der Waals surface area contributed by atoms with Gasteiger partial charge in [0.25, 0.3) is 0 Å². The van der Waals surface area contributed by atoms with Gasteiger partial charge in [-0.15, -0.1) is 0 Å². The van der Waals surface area contributed by atoms with Gasteiger partial charge in [0.05, 0.1) is 10.7 Å². The Morgan fingerprint density at radius 3 is 2.61 bits per heavy atom. The number of nitrogens with one attached hydrogen (secondary N) is 1. The average molecular weight is 285 g/mol.